The van der Waals surface area contributed by atoms with E-state index in [2.05, 4.69) is 10.6 Å². The Morgan fingerprint density at radius 2 is 1.67 bits per heavy atom. The fourth-order valence-electron chi connectivity index (χ4n) is 2.84. The van der Waals surface area contributed by atoms with Crippen molar-refractivity contribution in [1.29, 1.82) is 0 Å². The zero-order chi connectivity index (χ0) is 24.2. The van der Waals surface area contributed by atoms with Crippen molar-refractivity contribution in [3.63, 3.8) is 0 Å². The van der Waals surface area contributed by atoms with E-state index in [0.29, 0.717) is 16.1 Å². The van der Waals surface area contributed by atoms with Crippen molar-refractivity contribution in [3.8, 4) is 0 Å². The molecule has 3 rings (SSSR count). The van der Waals surface area contributed by atoms with Crippen LogP contribution in [0, 0.1) is 6.92 Å². The van der Waals surface area contributed by atoms with E-state index in [1.54, 1.807) is 43.3 Å². The Kier molecular flexibility index (Phi) is 7.71. The molecule has 3 aromatic rings. The second-order valence-corrected chi connectivity index (χ2v) is 9.11. The van der Waals surface area contributed by atoms with Crippen LogP contribution in [0.4, 0.5) is 24.5 Å². The molecular weight excluding hydrogens is 473 g/mol. The van der Waals surface area contributed by atoms with Crippen molar-refractivity contribution in [2.45, 2.75) is 30.2 Å². The molecule has 33 heavy (non-hydrogen) atoms. The molecule has 0 heterocycles. The van der Waals surface area contributed by atoms with Crippen LogP contribution >= 0.6 is 23.4 Å². The maximum Gasteiger partial charge on any atom is 0.416 e. The number of carbonyl (C=O) groups excluding carboxylic acids is 2. The quantitative estimate of drug-likeness (QED) is 0.363. The average molecular weight is 493 g/mol. The number of hydrogen-bond acceptors (Lipinski definition) is 3. The van der Waals surface area contributed by atoms with Crippen LogP contribution in [0.15, 0.2) is 71.6 Å². The molecule has 172 valence electrons. The molecule has 0 aliphatic carbocycles. The SMILES string of the molecule is Cc1ccc(C(=O)Nc2cccc(SC(C)C(=O)Nc3cc(C(F)(F)F)ccc3Cl)c2)cc1. The van der Waals surface area contributed by atoms with Gasteiger partial charge in [0.15, 0.2) is 0 Å². The van der Waals surface area contributed by atoms with Gasteiger partial charge in [0.1, 0.15) is 0 Å². The van der Waals surface area contributed by atoms with E-state index < -0.39 is 22.9 Å². The number of hydrogen-bond donors (Lipinski definition) is 2. The summed E-state index contributed by atoms with van der Waals surface area (Å²) >= 11 is 7.15. The molecule has 0 saturated carbocycles. The maximum absolute atomic E-state index is 12.9. The van der Waals surface area contributed by atoms with Crippen molar-refractivity contribution in [3.05, 3.63) is 88.4 Å². The molecule has 0 aliphatic rings. The summed E-state index contributed by atoms with van der Waals surface area (Å²) in [4.78, 5) is 25.7. The van der Waals surface area contributed by atoms with Crippen molar-refractivity contribution in [1.82, 2.24) is 0 Å². The van der Waals surface area contributed by atoms with Gasteiger partial charge in [0.05, 0.1) is 21.5 Å². The van der Waals surface area contributed by atoms with Crippen LogP contribution in [-0.2, 0) is 11.0 Å². The van der Waals surface area contributed by atoms with E-state index in [-0.39, 0.29) is 16.6 Å². The fourth-order valence-corrected chi connectivity index (χ4v) is 3.94. The van der Waals surface area contributed by atoms with E-state index in [1.165, 1.54) is 11.8 Å². The van der Waals surface area contributed by atoms with E-state index >= 15 is 0 Å². The highest BCUT2D eigenvalue weighted by atomic mass is 35.5. The van der Waals surface area contributed by atoms with Gasteiger partial charge in [0.2, 0.25) is 5.91 Å². The molecule has 0 fully saturated rings. The van der Waals surface area contributed by atoms with Crippen LogP contribution in [0.25, 0.3) is 0 Å². The van der Waals surface area contributed by atoms with Gasteiger partial charge < -0.3 is 10.6 Å². The van der Waals surface area contributed by atoms with Crippen molar-refractivity contribution in [2.24, 2.45) is 0 Å². The Bertz CT molecular complexity index is 1170. The van der Waals surface area contributed by atoms with Crippen LogP contribution in [0.2, 0.25) is 5.02 Å². The van der Waals surface area contributed by atoms with Gasteiger partial charge in [0.25, 0.3) is 5.91 Å². The van der Waals surface area contributed by atoms with E-state index in [9.17, 15) is 22.8 Å². The van der Waals surface area contributed by atoms with Crippen molar-refractivity contribution in [2.75, 3.05) is 10.6 Å². The Morgan fingerprint density at radius 1 is 0.970 bits per heavy atom. The summed E-state index contributed by atoms with van der Waals surface area (Å²) < 4.78 is 38.8. The second-order valence-electron chi connectivity index (χ2n) is 7.29. The normalized spacial score (nSPS) is 12.2. The highest BCUT2D eigenvalue weighted by Gasteiger charge is 2.31. The maximum atomic E-state index is 12.9. The third kappa shape index (κ3) is 6.76. The van der Waals surface area contributed by atoms with Gasteiger partial charge in [0, 0.05) is 16.1 Å². The van der Waals surface area contributed by atoms with Crippen LogP contribution in [0.5, 0.6) is 0 Å². The lowest BCUT2D eigenvalue weighted by molar-refractivity contribution is -0.137. The molecule has 0 aliphatic heterocycles. The minimum atomic E-state index is -4.55. The molecule has 4 nitrogen and oxygen atoms in total. The summed E-state index contributed by atoms with van der Waals surface area (Å²) in [6, 6.07) is 16.9. The number of amides is 2. The topological polar surface area (TPSA) is 58.2 Å². The minimum absolute atomic E-state index is 0.00867. The minimum Gasteiger partial charge on any atom is -0.324 e. The molecule has 2 amide bonds. The molecule has 1 atom stereocenters. The largest absolute Gasteiger partial charge is 0.416 e. The lowest BCUT2D eigenvalue weighted by atomic mass is 10.1. The van der Waals surface area contributed by atoms with Gasteiger partial charge in [-0.15, -0.1) is 11.8 Å². The molecule has 0 bridgehead atoms. The Hall–Kier alpha value is -2.97. The standard InChI is InChI=1S/C24H20ClF3N2O2S/c1-14-6-8-16(9-7-14)23(32)29-18-4-3-5-19(13-18)33-15(2)22(31)30-21-12-17(24(26,27)28)10-11-20(21)25/h3-13,15H,1-2H3,(H,29,32)(H,30,31). The number of aryl methyl sites for hydroxylation is 1. The summed E-state index contributed by atoms with van der Waals surface area (Å²) in [5.41, 5.74) is 1.11. The molecule has 2 N–H and O–H groups in total. The average Bonchev–Trinajstić information content (AvgIpc) is 2.75. The molecule has 9 heteroatoms. The van der Waals surface area contributed by atoms with Gasteiger partial charge in [-0.2, -0.15) is 13.2 Å². The zero-order valence-corrected chi connectivity index (χ0v) is 19.2. The number of nitrogens with one attached hydrogen (secondary N) is 2. The monoisotopic (exact) mass is 492 g/mol. The summed E-state index contributed by atoms with van der Waals surface area (Å²) in [6.45, 7) is 3.56. The smallest absolute Gasteiger partial charge is 0.324 e. The summed E-state index contributed by atoms with van der Waals surface area (Å²) in [5.74, 6) is -0.766. The Labute approximate surface area is 198 Å². The van der Waals surface area contributed by atoms with Gasteiger partial charge in [-0.1, -0.05) is 35.4 Å². The molecular formula is C24H20ClF3N2O2S. The third-order valence-electron chi connectivity index (χ3n) is 4.64. The van der Waals surface area contributed by atoms with Gasteiger partial charge >= 0.3 is 6.18 Å². The third-order valence-corrected chi connectivity index (χ3v) is 6.06. The van der Waals surface area contributed by atoms with Crippen LogP contribution < -0.4 is 10.6 Å². The van der Waals surface area contributed by atoms with Gasteiger partial charge in [-0.05, 0) is 62.4 Å². The molecule has 0 radical (unpaired) electrons. The summed E-state index contributed by atoms with van der Waals surface area (Å²) in [6.07, 6.45) is -4.55. The number of rotatable bonds is 6. The highest BCUT2D eigenvalue weighted by Crippen LogP contribution is 2.34. The lowest BCUT2D eigenvalue weighted by Crippen LogP contribution is -2.23. The molecule has 0 spiro atoms. The number of alkyl halides is 3. The van der Waals surface area contributed by atoms with E-state index in [1.807, 2.05) is 19.1 Å². The molecule has 0 aromatic heterocycles. The predicted molar refractivity (Wildman–Crippen MR) is 126 cm³/mol. The van der Waals surface area contributed by atoms with E-state index in [4.69, 9.17) is 11.6 Å². The first kappa shape index (κ1) is 24.7. The number of benzene rings is 3. The fraction of sp³-hybridized carbons (Fsp3) is 0.167. The van der Waals surface area contributed by atoms with Crippen LogP contribution in [-0.4, -0.2) is 17.1 Å². The number of anilines is 2. The first-order valence-corrected chi connectivity index (χ1v) is 11.1. The summed E-state index contributed by atoms with van der Waals surface area (Å²) in [7, 11) is 0. The van der Waals surface area contributed by atoms with Crippen molar-refractivity contribution < 1.29 is 22.8 Å². The van der Waals surface area contributed by atoms with E-state index in [0.717, 1.165) is 23.8 Å². The first-order valence-electron chi connectivity index (χ1n) is 9.85. The zero-order valence-electron chi connectivity index (χ0n) is 17.7. The predicted octanol–water partition coefficient (Wildman–Crippen LogP) is 7.04. The highest BCUT2D eigenvalue weighted by molar-refractivity contribution is 8.00. The number of halogens is 4. The Balaban J connectivity index is 1.66. The van der Waals surface area contributed by atoms with Crippen LogP contribution in [0.1, 0.15) is 28.4 Å². The van der Waals surface area contributed by atoms with Gasteiger partial charge in [-0.3, -0.25) is 9.59 Å². The first-order chi connectivity index (χ1) is 15.5. The molecule has 0 saturated heterocycles. The second kappa shape index (κ2) is 10.3. The lowest BCUT2D eigenvalue weighted by Gasteiger charge is -2.15. The van der Waals surface area contributed by atoms with Crippen LogP contribution in [0.3, 0.4) is 0 Å². The Morgan fingerprint density at radius 3 is 2.33 bits per heavy atom. The number of thioether (sulfide) groups is 1. The summed E-state index contributed by atoms with van der Waals surface area (Å²) in [5, 5.41) is 4.63. The molecule has 3 aromatic carbocycles. The van der Waals surface area contributed by atoms with Crippen molar-refractivity contribution >= 4 is 46.6 Å². The van der Waals surface area contributed by atoms with Gasteiger partial charge in [-0.25, -0.2) is 0 Å². The number of carbonyl (C=O) groups is 2. The molecule has 1 unspecified atom stereocenters.